The summed E-state index contributed by atoms with van der Waals surface area (Å²) in [6.45, 7) is 8.41. The van der Waals surface area contributed by atoms with Gasteiger partial charge in [-0.1, -0.05) is 249 Å². The standard InChI is InChI=1S/C45H26N4O.C30H26BNO2.C21H12ClN3O/c1-2-11-27(12-3-1)42-47-43(49-44(48-42)29-20-22-33-32-15-6-9-19-39(32)50-40(33)26-29)28-21-23-34-38(25-28)45(37-18-10-24-46-41(34)37)35-16-7-4-13-30(35)31-14-5-8-17-36(31)45;1-28(2)29(3,4)34-31(33-28)19-15-16-22-26(18-19)30(25-14-9-17-32-27(22)25)23-12-7-5-10-20(23)21-11-6-8-13-24(21)30;22-21-24-19(13-6-2-1-3-7-13)23-20(25-21)14-10-11-16-15-8-4-5-9-17(15)26-18(16)12-14/h1-26H;5-18H,1-4H3;1-12H. The van der Waals surface area contributed by atoms with Crippen LogP contribution in [0.5, 0.6) is 0 Å². The van der Waals surface area contributed by atoms with Crippen molar-refractivity contribution in [2.75, 3.05) is 0 Å². The van der Waals surface area contributed by atoms with E-state index >= 15 is 0 Å². The van der Waals surface area contributed by atoms with Crippen molar-refractivity contribution in [3.63, 3.8) is 0 Å². The third-order valence-electron chi connectivity index (χ3n) is 23.1. The molecule has 1 fully saturated rings. The maximum absolute atomic E-state index is 6.44. The van der Waals surface area contributed by atoms with Crippen molar-refractivity contribution < 1.29 is 18.1 Å². The highest BCUT2D eigenvalue weighted by atomic mass is 35.5. The number of benzene rings is 12. The number of nitrogens with zero attached hydrogens (tertiary/aromatic N) is 8. The largest absolute Gasteiger partial charge is 0.494 e. The van der Waals surface area contributed by atoms with E-state index in [1.807, 2.05) is 140 Å². The summed E-state index contributed by atoms with van der Waals surface area (Å²) in [5.74, 6) is 2.89. The first kappa shape index (κ1) is 65.2. The van der Waals surface area contributed by atoms with Crippen molar-refractivity contribution in [1.29, 1.82) is 0 Å². The van der Waals surface area contributed by atoms with Gasteiger partial charge in [0.05, 0.1) is 33.4 Å². The van der Waals surface area contributed by atoms with Crippen molar-refractivity contribution in [2.45, 2.75) is 49.7 Å². The molecule has 18 aromatic rings. The highest BCUT2D eigenvalue weighted by molar-refractivity contribution is 6.62. The molecule has 7 heterocycles. The molecule has 1 saturated heterocycles. The molecule has 12 aromatic carbocycles. The van der Waals surface area contributed by atoms with Gasteiger partial charge in [0.2, 0.25) is 5.28 Å². The molecule has 4 aliphatic carbocycles. The van der Waals surface area contributed by atoms with E-state index in [1.165, 1.54) is 72.3 Å². The van der Waals surface area contributed by atoms with Crippen LogP contribution >= 0.6 is 11.6 Å². The summed E-state index contributed by atoms with van der Waals surface area (Å²) in [6, 6.07) is 105. The summed E-state index contributed by atoms with van der Waals surface area (Å²) in [5.41, 5.74) is 26.7. The molecule has 12 nitrogen and oxygen atoms in total. The van der Waals surface area contributed by atoms with Crippen LogP contribution in [-0.2, 0) is 20.1 Å². The molecule has 0 saturated carbocycles. The minimum Gasteiger partial charge on any atom is -0.456 e. The van der Waals surface area contributed by atoms with E-state index in [2.05, 4.69) is 219 Å². The second-order valence-electron chi connectivity index (χ2n) is 29.5. The molecule has 0 N–H and O–H groups in total. The van der Waals surface area contributed by atoms with Crippen molar-refractivity contribution in [3.05, 3.63) is 366 Å². The topological polar surface area (TPSA) is 148 Å². The molecule has 0 atom stereocenters. The zero-order valence-electron chi connectivity index (χ0n) is 60.2. The van der Waals surface area contributed by atoms with Crippen molar-refractivity contribution in [3.8, 4) is 102 Å². The Morgan fingerprint density at radius 1 is 0.273 bits per heavy atom. The smallest absolute Gasteiger partial charge is 0.456 e. The lowest BCUT2D eigenvalue weighted by atomic mass is 9.68. The Labute approximate surface area is 639 Å². The molecule has 6 aromatic heterocycles. The van der Waals surface area contributed by atoms with Gasteiger partial charge in [-0.3, -0.25) is 9.97 Å². The summed E-state index contributed by atoms with van der Waals surface area (Å²) < 4.78 is 25.1. The number of pyridine rings is 2. The summed E-state index contributed by atoms with van der Waals surface area (Å²) >= 11 is 6.15. The van der Waals surface area contributed by atoms with Crippen LogP contribution in [-0.4, -0.2) is 58.2 Å². The predicted molar refractivity (Wildman–Crippen MR) is 437 cm³/mol. The first-order valence-electron chi connectivity index (χ1n) is 37.0. The van der Waals surface area contributed by atoms with E-state index in [0.717, 1.165) is 94.1 Å². The maximum atomic E-state index is 6.44. The summed E-state index contributed by atoms with van der Waals surface area (Å²) in [4.78, 5) is 38.3. The molecule has 0 bridgehead atoms. The molecule has 14 heteroatoms. The van der Waals surface area contributed by atoms with Gasteiger partial charge in [-0.2, -0.15) is 9.97 Å². The molecule has 0 radical (unpaired) electrons. The minimum atomic E-state index is -0.507. The molecular weight excluding hydrogens is 1380 g/mol. The highest BCUT2D eigenvalue weighted by Gasteiger charge is 2.56. The lowest BCUT2D eigenvalue weighted by Gasteiger charge is -2.32. The Morgan fingerprint density at radius 2 is 0.618 bits per heavy atom. The zero-order chi connectivity index (χ0) is 73.6. The summed E-state index contributed by atoms with van der Waals surface area (Å²) in [5, 5.41) is 4.48. The second-order valence-corrected chi connectivity index (χ2v) is 29.9. The number of hydrogen-bond acceptors (Lipinski definition) is 12. The average molecular weight is 1440 g/mol. The van der Waals surface area contributed by atoms with E-state index in [4.69, 9.17) is 54.7 Å². The van der Waals surface area contributed by atoms with E-state index in [1.54, 1.807) is 0 Å². The zero-order valence-corrected chi connectivity index (χ0v) is 60.9. The van der Waals surface area contributed by atoms with Gasteiger partial charge in [0.15, 0.2) is 29.1 Å². The summed E-state index contributed by atoms with van der Waals surface area (Å²) in [7, 11) is -0.407. The molecule has 1 aliphatic heterocycles. The Morgan fingerprint density at radius 3 is 1.08 bits per heavy atom. The molecule has 23 rings (SSSR count). The predicted octanol–water partition coefficient (Wildman–Crippen LogP) is 22.0. The Bertz CT molecular complexity index is 6680. The van der Waals surface area contributed by atoms with E-state index in [9.17, 15) is 0 Å². The average Bonchev–Trinajstić information content (AvgIpc) is 1.52. The lowest BCUT2D eigenvalue weighted by molar-refractivity contribution is 0.00578. The highest BCUT2D eigenvalue weighted by Crippen LogP contribution is 2.64. The number of para-hydroxylation sites is 2. The number of halogens is 1. The number of rotatable bonds is 6. The first-order valence-corrected chi connectivity index (χ1v) is 37.3. The molecule has 2 spiro atoms. The van der Waals surface area contributed by atoms with Crippen LogP contribution in [0.15, 0.2) is 325 Å². The Balaban J connectivity index is 0.000000111. The molecule has 5 aliphatic rings. The van der Waals surface area contributed by atoms with Gasteiger partial charge in [0.1, 0.15) is 22.3 Å². The fourth-order valence-corrected chi connectivity index (χ4v) is 17.6. The van der Waals surface area contributed by atoms with Crippen molar-refractivity contribution in [2.24, 2.45) is 0 Å². The van der Waals surface area contributed by atoms with Crippen LogP contribution in [0.25, 0.3) is 146 Å². The van der Waals surface area contributed by atoms with Gasteiger partial charge in [0.25, 0.3) is 0 Å². The van der Waals surface area contributed by atoms with E-state index in [-0.39, 0.29) is 16.5 Å². The monoisotopic (exact) mass is 1440 g/mol. The van der Waals surface area contributed by atoms with Crippen LogP contribution in [0.4, 0.5) is 0 Å². The molecule has 0 unspecified atom stereocenters. The molecule has 522 valence electrons. The fourth-order valence-electron chi connectivity index (χ4n) is 17.4. The van der Waals surface area contributed by atoms with Gasteiger partial charge < -0.3 is 18.1 Å². The third kappa shape index (κ3) is 9.94. The van der Waals surface area contributed by atoms with Crippen LogP contribution in [0.3, 0.4) is 0 Å². The van der Waals surface area contributed by atoms with Gasteiger partial charge in [0, 0.05) is 72.9 Å². The Kier molecular flexibility index (Phi) is 14.8. The van der Waals surface area contributed by atoms with Crippen LogP contribution in [0, 0.1) is 0 Å². The molecular formula is C96H64BClN8O4. The lowest BCUT2D eigenvalue weighted by Crippen LogP contribution is -2.41. The number of furan rings is 2. The second kappa shape index (κ2) is 25.0. The van der Waals surface area contributed by atoms with E-state index < -0.39 is 17.9 Å². The SMILES string of the molecule is CC1(C)OB(c2ccc3c(c2)C2(c4ccccc4-c4ccccc42)c2cccnc2-3)OC1(C)C.Clc1nc(-c2ccccc2)nc(-c2ccc3c(c2)oc2ccccc23)n1.c1ccc(-c2nc(-c3ccc4c(c3)C3(c5ccccc5-c5ccccc53)c3cccnc3-4)nc(-c3ccc4c(c3)oc3ccccc34)n2)cc1. The van der Waals surface area contributed by atoms with Gasteiger partial charge in [-0.15, -0.1) is 0 Å². The van der Waals surface area contributed by atoms with Crippen LogP contribution in [0.1, 0.15) is 72.2 Å². The third-order valence-corrected chi connectivity index (χ3v) is 23.2. The molecule has 110 heavy (non-hydrogen) atoms. The van der Waals surface area contributed by atoms with E-state index in [0.29, 0.717) is 29.1 Å². The summed E-state index contributed by atoms with van der Waals surface area (Å²) in [6.07, 6.45) is 3.79. The first-order chi connectivity index (χ1) is 53.9. The minimum absolute atomic E-state index is 0.165. The van der Waals surface area contributed by atoms with Gasteiger partial charge in [-0.05, 0) is 166 Å². The number of hydrogen-bond donors (Lipinski definition) is 0. The van der Waals surface area contributed by atoms with Gasteiger partial charge >= 0.3 is 7.12 Å². The fraction of sp³-hybridized carbons (Fsp3) is 0.0833. The van der Waals surface area contributed by atoms with Crippen molar-refractivity contribution >= 4 is 68.1 Å². The number of fused-ring (bicyclic) bond motifs is 26. The number of aromatic nitrogens is 8. The van der Waals surface area contributed by atoms with Crippen LogP contribution in [0.2, 0.25) is 5.28 Å². The van der Waals surface area contributed by atoms with Crippen LogP contribution < -0.4 is 5.46 Å². The van der Waals surface area contributed by atoms with Crippen molar-refractivity contribution in [1.82, 2.24) is 39.9 Å². The van der Waals surface area contributed by atoms with Gasteiger partial charge in [-0.25, -0.2) is 19.9 Å². The quantitative estimate of drug-likeness (QED) is 0.146. The molecule has 0 amide bonds. The normalized spacial score (nSPS) is 14.8. The maximum Gasteiger partial charge on any atom is 0.494 e. The Hall–Kier alpha value is -13.2.